The van der Waals surface area contributed by atoms with Crippen molar-refractivity contribution in [3.8, 4) is 0 Å². The van der Waals surface area contributed by atoms with E-state index in [4.69, 9.17) is 10.2 Å². The van der Waals surface area contributed by atoms with Gasteiger partial charge in [0.15, 0.2) is 0 Å². The van der Waals surface area contributed by atoms with Gasteiger partial charge in [-0.15, -0.1) is 0 Å². The van der Waals surface area contributed by atoms with Crippen LogP contribution < -0.4 is 0 Å². The molecule has 1 aliphatic heterocycles. The van der Waals surface area contributed by atoms with E-state index >= 15 is 0 Å². The van der Waals surface area contributed by atoms with Gasteiger partial charge in [0.25, 0.3) is 0 Å². The molecular weight excluding hydrogens is 234 g/mol. The number of nitrogens with zero attached hydrogens (tertiary/aromatic N) is 1. The Morgan fingerprint density at radius 1 is 1.33 bits per heavy atom. The molecule has 3 unspecified atom stereocenters. The van der Waals surface area contributed by atoms with E-state index in [0.717, 1.165) is 12.8 Å². The Hall–Kier alpha value is -1.10. The molecule has 0 bridgehead atoms. The quantitative estimate of drug-likeness (QED) is 0.769. The van der Waals surface area contributed by atoms with Gasteiger partial charge < -0.3 is 15.1 Å². The number of aliphatic hydroxyl groups excluding tert-OH is 1. The van der Waals surface area contributed by atoms with Crippen molar-refractivity contribution in [3.63, 3.8) is 0 Å². The van der Waals surface area contributed by atoms with Crippen molar-refractivity contribution >= 4 is 11.9 Å². The highest BCUT2D eigenvalue weighted by Gasteiger charge is 2.31. The van der Waals surface area contributed by atoms with Gasteiger partial charge in [-0.2, -0.15) is 0 Å². The number of aliphatic hydroxyl groups is 1. The van der Waals surface area contributed by atoms with Crippen LogP contribution in [-0.2, 0) is 9.59 Å². The summed E-state index contributed by atoms with van der Waals surface area (Å²) >= 11 is 0. The maximum absolute atomic E-state index is 12.2. The van der Waals surface area contributed by atoms with Crippen molar-refractivity contribution in [2.75, 3.05) is 19.7 Å². The Balaban J connectivity index is 2.57. The standard InChI is InChI=1S/C13H23NO4/c1-9(10(2)13(17)18)12(16)14-6-3-4-11(8-14)5-7-15/h9-11,15H,3-8H2,1-2H3,(H,17,18). The second-order valence-electron chi connectivity index (χ2n) is 5.22. The largest absolute Gasteiger partial charge is 0.481 e. The van der Waals surface area contributed by atoms with E-state index in [-0.39, 0.29) is 12.5 Å². The highest BCUT2D eigenvalue weighted by molar-refractivity contribution is 5.84. The van der Waals surface area contributed by atoms with Gasteiger partial charge in [0, 0.05) is 25.6 Å². The third-order valence-corrected chi connectivity index (χ3v) is 3.90. The first-order valence-corrected chi connectivity index (χ1v) is 6.59. The normalized spacial score (nSPS) is 23.5. The highest BCUT2D eigenvalue weighted by atomic mass is 16.4. The molecule has 0 aromatic carbocycles. The van der Waals surface area contributed by atoms with E-state index in [1.165, 1.54) is 0 Å². The summed E-state index contributed by atoms with van der Waals surface area (Å²) in [6.45, 7) is 4.75. The van der Waals surface area contributed by atoms with E-state index in [1.807, 2.05) is 0 Å². The summed E-state index contributed by atoms with van der Waals surface area (Å²) in [5.74, 6) is -1.81. The molecule has 0 spiro atoms. The average Bonchev–Trinajstić information content (AvgIpc) is 2.36. The van der Waals surface area contributed by atoms with Gasteiger partial charge in [0.2, 0.25) is 5.91 Å². The van der Waals surface area contributed by atoms with E-state index in [2.05, 4.69) is 0 Å². The lowest BCUT2D eigenvalue weighted by molar-refractivity contribution is -0.149. The SMILES string of the molecule is CC(C(=O)O)C(C)C(=O)N1CCCC(CCO)C1. The fraction of sp³-hybridized carbons (Fsp3) is 0.846. The Kier molecular flexibility index (Phi) is 5.59. The van der Waals surface area contributed by atoms with Crippen LogP contribution in [-0.4, -0.2) is 46.7 Å². The Labute approximate surface area is 108 Å². The first-order valence-electron chi connectivity index (χ1n) is 6.59. The molecule has 0 aromatic heterocycles. The van der Waals surface area contributed by atoms with Gasteiger partial charge in [-0.1, -0.05) is 13.8 Å². The first kappa shape index (κ1) is 15.0. The number of aliphatic carboxylic acids is 1. The zero-order chi connectivity index (χ0) is 13.7. The monoisotopic (exact) mass is 257 g/mol. The summed E-state index contributed by atoms with van der Waals surface area (Å²) in [6, 6.07) is 0. The number of hydrogen-bond donors (Lipinski definition) is 2. The van der Waals surface area contributed by atoms with Gasteiger partial charge in [-0.25, -0.2) is 0 Å². The number of carbonyl (C=O) groups is 2. The molecule has 18 heavy (non-hydrogen) atoms. The molecule has 0 saturated carbocycles. The van der Waals surface area contributed by atoms with Crippen LogP contribution in [0.4, 0.5) is 0 Å². The van der Waals surface area contributed by atoms with Crippen LogP contribution in [0.3, 0.4) is 0 Å². The maximum Gasteiger partial charge on any atom is 0.307 e. The van der Waals surface area contributed by atoms with Crippen molar-refractivity contribution in [2.45, 2.75) is 33.1 Å². The predicted molar refractivity (Wildman–Crippen MR) is 67.0 cm³/mol. The van der Waals surface area contributed by atoms with Gasteiger partial charge >= 0.3 is 5.97 Å². The minimum atomic E-state index is -0.931. The minimum Gasteiger partial charge on any atom is -0.481 e. The van der Waals surface area contributed by atoms with Gasteiger partial charge in [-0.3, -0.25) is 9.59 Å². The number of carboxylic acids is 1. The van der Waals surface area contributed by atoms with Crippen LogP contribution >= 0.6 is 0 Å². The summed E-state index contributed by atoms with van der Waals surface area (Å²) in [4.78, 5) is 24.8. The average molecular weight is 257 g/mol. The summed E-state index contributed by atoms with van der Waals surface area (Å²) in [7, 11) is 0. The predicted octanol–water partition coefficient (Wildman–Crippen LogP) is 0.964. The van der Waals surface area contributed by atoms with Crippen molar-refractivity contribution in [1.29, 1.82) is 0 Å². The Morgan fingerprint density at radius 2 is 2.00 bits per heavy atom. The number of piperidine rings is 1. The molecule has 5 heteroatoms. The second-order valence-corrected chi connectivity index (χ2v) is 5.22. The van der Waals surface area contributed by atoms with Crippen LogP contribution in [0.2, 0.25) is 0 Å². The molecule has 0 radical (unpaired) electrons. The molecule has 1 aliphatic rings. The fourth-order valence-electron chi connectivity index (χ4n) is 2.40. The van der Waals surface area contributed by atoms with Crippen LogP contribution in [0.5, 0.6) is 0 Å². The zero-order valence-electron chi connectivity index (χ0n) is 11.1. The Bertz CT molecular complexity index is 303. The smallest absolute Gasteiger partial charge is 0.307 e. The fourth-order valence-corrected chi connectivity index (χ4v) is 2.40. The van der Waals surface area contributed by atoms with Gasteiger partial charge in [-0.05, 0) is 25.2 Å². The molecule has 1 fully saturated rings. The van der Waals surface area contributed by atoms with Crippen LogP contribution in [0, 0.1) is 17.8 Å². The molecule has 1 rings (SSSR count). The van der Waals surface area contributed by atoms with Crippen LogP contribution in [0.1, 0.15) is 33.1 Å². The van der Waals surface area contributed by atoms with Crippen LogP contribution in [0.25, 0.3) is 0 Å². The Morgan fingerprint density at radius 3 is 2.56 bits per heavy atom. The van der Waals surface area contributed by atoms with E-state index in [0.29, 0.717) is 25.4 Å². The molecular formula is C13H23NO4. The highest BCUT2D eigenvalue weighted by Crippen LogP contribution is 2.23. The van der Waals surface area contributed by atoms with E-state index in [9.17, 15) is 9.59 Å². The van der Waals surface area contributed by atoms with Crippen molar-refractivity contribution < 1.29 is 19.8 Å². The first-order chi connectivity index (χ1) is 8.47. The lowest BCUT2D eigenvalue weighted by Gasteiger charge is -2.34. The van der Waals surface area contributed by atoms with Crippen molar-refractivity contribution in [1.82, 2.24) is 4.90 Å². The summed E-state index contributed by atoms with van der Waals surface area (Å²) in [5, 5.41) is 17.9. The lowest BCUT2D eigenvalue weighted by Crippen LogP contribution is -2.44. The molecule has 0 aromatic rings. The van der Waals surface area contributed by atoms with Crippen LogP contribution in [0.15, 0.2) is 0 Å². The van der Waals surface area contributed by atoms with E-state index in [1.54, 1.807) is 18.7 Å². The third-order valence-electron chi connectivity index (χ3n) is 3.90. The molecule has 0 aliphatic carbocycles. The molecule has 5 nitrogen and oxygen atoms in total. The minimum absolute atomic E-state index is 0.0764. The summed E-state index contributed by atoms with van der Waals surface area (Å²) in [6.07, 6.45) is 2.68. The van der Waals surface area contributed by atoms with Gasteiger partial charge in [0.05, 0.1) is 5.92 Å². The molecule has 3 atom stereocenters. The molecule has 2 N–H and O–H groups in total. The van der Waals surface area contributed by atoms with Crippen molar-refractivity contribution in [3.05, 3.63) is 0 Å². The number of carboxylic acid groups (broad SMARTS) is 1. The topological polar surface area (TPSA) is 77.8 Å². The lowest BCUT2D eigenvalue weighted by atomic mass is 9.91. The molecule has 1 amide bonds. The number of rotatable bonds is 5. The van der Waals surface area contributed by atoms with Crippen molar-refractivity contribution in [2.24, 2.45) is 17.8 Å². The van der Waals surface area contributed by atoms with E-state index < -0.39 is 17.8 Å². The number of amides is 1. The number of carbonyl (C=O) groups excluding carboxylic acids is 1. The summed E-state index contributed by atoms with van der Waals surface area (Å²) < 4.78 is 0. The molecule has 1 saturated heterocycles. The molecule has 1 heterocycles. The maximum atomic E-state index is 12.2. The third kappa shape index (κ3) is 3.70. The second kappa shape index (κ2) is 6.73. The zero-order valence-corrected chi connectivity index (χ0v) is 11.1. The number of hydrogen-bond acceptors (Lipinski definition) is 3. The van der Waals surface area contributed by atoms with Gasteiger partial charge in [0.1, 0.15) is 0 Å². The molecule has 104 valence electrons. The number of likely N-dealkylation sites (tertiary alicyclic amines) is 1. The summed E-state index contributed by atoms with van der Waals surface area (Å²) in [5.41, 5.74) is 0.